The van der Waals surface area contributed by atoms with Crippen LogP contribution in [0.5, 0.6) is 0 Å². The zero-order chi connectivity index (χ0) is 12.5. The molecule has 0 aromatic carbocycles. The molecule has 1 rings (SSSR count). The largest absolute Gasteiger partial charge is 0.463 e. The van der Waals surface area contributed by atoms with Crippen LogP contribution in [0.1, 0.15) is 19.8 Å². The highest BCUT2D eigenvalue weighted by atomic mass is 79.9. The summed E-state index contributed by atoms with van der Waals surface area (Å²) in [5, 5.41) is 3.31. The van der Waals surface area contributed by atoms with Crippen LogP contribution in [0.4, 0.5) is 0 Å². The van der Waals surface area contributed by atoms with Crippen molar-refractivity contribution < 1.29 is 14.3 Å². The fourth-order valence-electron chi connectivity index (χ4n) is 1.63. The standard InChI is InChI=1S/C12H20BrNO3/c1-2-16-12(15)6-5-10(13)8-14-9-11-4-3-7-17-11/h5-6,10-11,14H,2-4,7-9H2,1H3/b6-5+. The first-order valence-electron chi connectivity index (χ1n) is 6.03. The van der Waals surface area contributed by atoms with Crippen LogP contribution in [0.15, 0.2) is 12.2 Å². The van der Waals surface area contributed by atoms with Crippen molar-refractivity contribution in [3.8, 4) is 0 Å². The molecule has 4 nitrogen and oxygen atoms in total. The van der Waals surface area contributed by atoms with E-state index in [4.69, 9.17) is 9.47 Å². The maximum atomic E-state index is 11.1. The van der Waals surface area contributed by atoms with Crippen LogP contribution >= 0.6 is 15.9 Å². The molecule has 1 aliphatic rings. The predicted molar refractivity (Wildman–Crippen MR) is 70.3 cm³/mol. The zero-order valence-corrected chi connectivity index (χ0v) is 11.7. The highest BCUT2D eigenvalue weighted by Crippen LogP contribution is 2.10. The fourth-order valence-corrected chi connectivity index (χ4v) is 2.01. The molecule has 0 aromatic rings. The highest BCUT2D eigenvalue weighted by Gasteiger charge is 2.14. The zero-order valence-electron chi connectivity index (χ0n) is 10.2. The summed E-state index contributed by atoms with van der Waals surface area (Å²) in [7, 11) is 0. The molecule has 17 heavy (non-hydrogen) atoms. The van der Waals surface area contributed by atoms with E-state index in [-0.39, 0.29) is 10.8 Å². The number of hydrogen-bond donors (Lipinski definition) is 1. The topological polar surface area (TPSA) is 47.6 Å². The molecule has 2 atom stereocenters. The van der Waals surface area contributed by atoms with E-state index >= 15 is 0 Å². The number of nitrogens with one attached hydrogen (secondary N) is 1. The van der Waals surface area contributed by atoms with Gasteiger partial charge in [0.25, 0.3) is 0 Å². The summed E-state index contributed by atoms with van der Waals surface area (Å²) in [6.45, 7) is 4.73. The quantitative estimate of drug-likeness (QED) is 0.441. The molecule has 0 spiro atoms. The van der Waals surface area contributed by atoms with Crippen molar-refractivity contribution in [2.75, 3.05) is 26.3 Å². The molecule has 5 heteroatoms. The Bertz CT molecular complexity index is 252. The molecule has 0 radical (unpaired) electrons. The van der Waals surface area contributed by atoms with Crippen LogP contribution < -0.4 is 5.32 Å². The first kappa shape index (κ1) is 14.7. The predicted octanol–water partition coefficient (Wildman–Crippen LogP) is 1.64. The second-order valence-electron chi connectivity index (χ2n) is 3.92. The lowest BCUT2D eigenvalue weighted by molar-refractivity contribution is -0.137. The Morgan fingerprint density at radius 1 is 1.71 bits per heavy atom. The van der Waals surface area contributed by atoms with E-state index in [1.165, 1.54) is 6.08 Å². The Balaban J connectivity index is 2.07. The monoisotopic (exact) mass is 305 g/mol. The summed E-state index contributed by atoms with van der Waals surface area (Å²) < 4.78 is 10.3. The van der Waals surface area contributed by atoms with Gasteiger partial charge in [0.15, 0.2) is 0 Å². The Morgan fingerprint density at radius 2 is 2.53 bits per heavy atom. The molecule has 0 saturated carbocycles. The summed E-state index contributed by atoms with van der Waals surface area (Å²) in [6.07, 6.45) is 5.89. The average molecular weight is 306 g/mol. The number of hydrogen-bond acceptors (Lipinski definition) is 4. The summed E-state index contributed by atoms with van der Waals surface area (Å²) in [4.78, 5) is 11.2. The minimum absolute atomic E-state index is 0.133. The fraction of sp³-hybridized carbons (Fsp3) is 0.750. The number of halogens is 1. The molecule has 0 aliphatic carbocycles. The van der Waals surface area contributed by atoms with Gasteiger partial charge in [0.05, 0.1) is 12.7 Å². The van der Waals surface area contributed by atoms with Gasteiger partial charge < -0.3 is 14.8 Å². The molecule has 1 fully saturated rings. The number of esters is 1. The van der Waals surface area contributed by atoms with Crippen LogP contribution in [0, 0.1) is 0 Å². The number of alkyl halides is 1. The SMILES string of the molecule is CCOC(=O)/C=C/C(Br)CNCC1CCCO1. The molecule has 0 amide bonds. The smallest absolute Gasteiger partial charge is 0.330 e. The van der Waals surface area contributed by atoms with Crippen molar-refractivity contribution >= 4 is 21.9 Å². The van der Waals surface area contributed by atoms with Crippen LogP contribution in [0.3, 0.4) is 0 Å². The minimum Gasteiger partial charge on any atom is -0.463 e. The molecule has 1 aliphatic heterocycles. The van der Waals surface area contributed by atoms with Crippen LogP contribution in [0.2, 0.25) is 0 Å². The molecule has 1 N–H and O–H groups in total. The highest BCUT2D eigenvalue weighted by molar-refractivity contribution is 9.09. The van der Waals surface area contributed by atoms with E-state index < -0.39 is 0 Å². The number of ether oxygens (including phenoxy) is 2. The molecule has 2 unspecified atom stereocenters. The van der Waals surface area contributed by atoms with Crippen molar-refractivity contribution in [2.45, 2.75) is 30.7 Å². The summed E-state index contributed by atoms with van der Waals surface area (Å²) in [5.74, 6) is -0.295. The molecular formula is C12H20BrNO3. The van der Waals surface area contributed by atoms with Crippen LogP contribution in [0.25, 0.3) is 0 Å². The van der Waals surface area contributed by atoms with E-state index in [0.29, 0.717) is 12.7 Å². The van der Waals surface area contributed by atoms with Crippen molar-refractivity contribution in [3.63, 3.8) is 0 Å². The first-order valence-corrected chi connectivity index (χ1v) is 6.95. The van der Waals surface area contributed by atoms with Gasteiger partial charge in [-0.3, -0.25) is 0 Å². The molecule has 1 heterocycles. The first-order chi connectivity index (χ1) is 8.22. The van der Waals surface area contributed by atoms with Gasteiger partial charge in [0, 0.05) is 30.6 Å². The third kappa shape index (κ3) is 6.81. The van der Waals surface area contributed by atoms with E-state index in [2.05, 4.69) is 21.2 Å². The Kier molecular flexibility index (Phi) is 7.48. The van der Waals surface area contributed by atoms with Gasteiger partial charge in [0.2, 0.25) is 0 Å². The molecule has 98 valence electrons. The number of rotatable bonds is 7. The minimum atomic E-state index is -0.295. The lowest BCUT2D eigenvalue weighted by Crippen LogP contribution is -2.30. The van der Waals surface area contributed by atoms with E-state index in [1.54, 1.807) is 13.0 Å². The second kappa shape index (κ2) is 8.66. The van der Waals surface area contributed by atoms with E-state index in [0.717, 1.165) is 32.5 Å². The summed E-state index contributed by atoms with van der Waals surface area (Å²) in [5.41, 5.74) is 0. The Hall–Kier alpha value is -0.390. The lowest BCUT2D eigenvalue weighted by Gasteiger charge is -2.11. The normalized spacial score (nSPS) is 21.9. The van der Waals surface area contributed by atoms with Crippen molar-refractivity contribution in [1.29, 1.82) is 0 Å². The van der Waals surface area contributed by atoms with E-state index in [1.807, 2.05) is 0 Å². The van der Waals surface area contributed by atoms with Gasteiger partial charge >= 0.3 is 5.97 Å². The maximum absolute atomic E-state index is 11.1. The number of carbonyl (C=O) groups is 1. The van der Waals surface area contributed by atoms with Gasteiger partial charge in [-0.25, -0.2) is 4.79 Å². The second-order valence-corrected chi connectivity index (χ2v) is 5.10. The van der Waals surface area contributed by atoms with Gasteiger partial charge in [-0.2, -0.15) is 0 Å². The molecule has 0 bridgehead atoms. The molecule has 0 aromatic heterocycles. The average Bonchev–Trinajstić information content (AvgIpc) is 2.80. The summed E-state index contributed by atoms with van der Waals surface area (Å²) >= 11 is 3.47. The number of carbonyl (C=O) groups excluding carboxylic acids is 1. The van der Waals surface area contributed by atoms with Crippen molar-refractivity contribution in [2.24, 2.45) is 0 Å². The van der Waals surface area contributed by atoms with Gasteiger partial charge in [-0.15, -0.1) is 0 Å². The Labute approximate surface area is 111 Å². The van der Waals surface area contributed by atoms with Crippen molar-refractivity contribution in [1.82, 2.24) is 5.32 Å². The summed E-state index contributed by atoms with van der Waals surface area (Å²) in [6, 6.07) is 0. The lowest BCUT2D eigenvalue weighted by atomic mass is 10.2. The van der Waals surface area contributed by atoms with Gasteiger partial charge in [-0.1, -0.05) is 22.0 Å². The van der Waals surface area contributed by atoms with Crippen LogP contribution in [-0.2, 0) is 14.3 Å². The van der Waals surface area contributed by atoms with E-state index in [9.17, 15) is 4.79 Å². The molecular weight excluding hydrogens is 286 g/mol. The van der Waals surface area contributed by atoms with Crippen LogP contribution in [-0.4, -0.2) is 43.2 Å². The maximum Gasteiger partial charge on any atom is 0.330 e. The van der Waals surface area contributed by atoms with Crippen molar-refractivity contribution in [3.05, 3.63) is 12.2 Å². The third-order valence-corrected chi connectivity index (χ3v) is 3.09. The Morgan fingerprint density at radius 3 is 3.18 bits per heavy atom. The van der Waals surface area contributed by atoms with Gasteiger partial charge in [0.1, 0.15) is 0 Å². The third-order valence-electron chi connectivity index (χ3n) is 2.46. The van der Waals surface area contributed by atoms with Gasteiger partial charge in [-0.05, 0) is 19.8 Å². The molecule has 1 saturated heterocycles.